The SMILES string of the molecule is CCOCCCNC(=NC)NCCCc1ccc(Cl)cc1. The van der Waals surface area contributed by atoms with Gasteiger partial charge in [0.25, 0.3) is 0 Å². The summed E-state index contributed by atoms with van der Waals surface area (Å²) in [7, 11) is 1.79. The van der Waals surface area contributed by atoms with Crippen LogP contribution in [0, 0.1) is 0 Å². The molecule has 0 spiro atoms. The molecule has 0 aromatic heterocycles. The lowest BCUT2D eigenvalue weighted by atomic mass is 10.1. The van der Waals surface area contributed by atoms with Crippen molar-refractivity contribution in [3.05, 3.63) is 34.9 Å². The van der Waals surface area contributed by atoms with Gasteiger partial charge in [-0.3, -0.25) is 4.99 Å². The number of rotatable bonds is 9. The van der Waals surface area contributed by atoms with E-state index < -0.39 is 0 Å². The zero-order valence-corrected chi connectivity index (χ0v) is 13.7. The Hall–Kier alpha value is -1.26. The quantitative estimate of drug-likeness (QED) is 0.419. The lowest BCUT2D eigenvalue weighted by Crippen LogP contribution is -2.38. The Morgan fingerprint density at radius 3 is 2.43 bits per heavy atom. The molecule has 0 atom stereocenters. The van der Waals surface area contributed by atoms with Gasteiger partial charge in [0.1, 0.15) is 0 Å². The maximum atomic E-state index is 5.87. The van der Waals surface area contributed by atoms with Gasteiger partial charge in [-0.2, -0.15) is 0 Å². The van der Waals surface area contributed by atoms with Gasteiger partial charge in [-0.15, -0.1) is 0 Å². The van der Waals surface area contributed by atoms with Crippen molar-refractivity contribution in [1.29, 1.82) is 0 Å². The highest BCUT2D eigenvalue weighted by molar-refractivity contribution is 6.30. The van der Waals surface area contributed by atoms with Gasteiger partial charge >= 0.3 is 0 Å². The van der Waals surface area contributed by atoms with E-state index in [2.05, 4.69) is 27.8 Å². The fourth-order valence-electron chi connectivity index (χ4n) is 1.90. The van der Waals surface area contributed by atoms with Gasteiger partial charge in [0.2, 0.25) is 0 Å². The van der Waals surface area contributed by atoms with E-state index in [1.54, 1.807) is 7.05 Å². The van der Waals surface area contributed by atoms with Crippen LogP contribution in [-0.2, 0) is 11.2 Å². The van der Waals surface area contributed by atoms with Gasteiger partial charge in [0.15, 0.2) is 5.96 Å². The standard InChI is InChI=1S/C16H26ClN3O/c1-3-21-13-5-12-20-16(18-2)19-11-4-6-14-7-9-15(17)10-8-14/h7-10H,3-6,11-13H2,1-2H3,(H2,18,19,20). The molecular weight excluding hydrogens is 286 g/mol. The van der Waals surface area contributed by atoms with Crippen LogP contribution < -0.4 is 10.6 Å². The van der Waals surface area contributed by atoms with Crippen LogP contribution in [0.15, 0.2) is 29.3 Å². The Bertz CT molecular complexity index is 406. The molecule has 2 N–H and O–H groups in total. The first-order chi connectivity index (χ1) is 10.3. The van der Waals surface area contributed by atoms with Crippen LogP contribution in [0.4, 0.5) is 0 Å². The number of aliphatic imine (C=N–C) groups is 1. The maximum Gasteiger partial charge on any atom is 0.190 e. The first-order valence-electron chi connectivity index (χ1n) is 7.53. The van der Waals surface area contributed by atoms with Gasteiger partial charge in [-0.05, 0) is 43.9 Å². The smallest absolute Gasteiger partial charge is 0.190 e. The van der Waals surface area contributed by atoms with Crippen LogP contribution in [0.3, 0.4) is 0 Å². The molecular formula is C16H26ClN3O. The normalized spacial score (nSPS) is 11.5. The maximum absolute atomic E-state index is 5.87. The summed E-state index contributed by atoms with van der Waals surface area (Å²) in [4.78, 5) is 4.20. The average Bonchev–Trinajstić information content (AvgIpc) is 2.51. The molecule has 0 amide bonds. The van der Waals surface area contributed by atoms with Crippen molar-refractivity contribution in [1.82, 2.24) is 10.6 Å². The molecule has 0 radical (unpaired) electrons. The topological polar surface area (TPSA) is 45.6 Å². The molecule has 1 rings (SSSR count). The number of hydrogen-bond acceptors (Lipinski definition) is 2. The Kier molecular flexibility index (Phi) is 9.66. The number of ether oxygens (including phenoxy) is 1. The highest BCUT2D eigenvalue weighted by Crippen LogP contribution is 2.10. The second kappa shape index (κ2) is 11.4. The fourth-order valence-corrected chi connectivity index (χ4v) is 2.02. The van der Waals surface area contributed by atoms with E-state index in [4.69, 9.17) is 16.3 Å². The summed E-state index contributed by atoms with van der Waals surface area (Å²) in [5.74, 6) is 0.850. The summed E-state index contributed by atoms with van der Waals surface area (Å²) in [5.41, 5.74) is 1.31. The molecule has 0 aliphatic rings. The van der Waals surface area contributed by atoms with Crippen LogP contribution in [0.2, 0.25) is 5.02 Å². The second-order valence-electron chi connectivity index (χ2n) is 4.71. The molecule has 1 aromatic carbocycles. The molecule has 0 saturated carbocycles. The van der Waals surface area contributed by atoms with E-state index in [9.17, 15) is 0 Å². The Morgan fingerprint density at radius 2 is 1.81 bits per heavy atom. The Labute approximate surface area is 132 Å². The molecule has 0 aliphatic heterocycles. The summed E-state index contributed by atoms with van der Waals surface area (Å²) in [6.07, 6.45) is 3.08. The van der Waals surface area contributed by atoms with Crippen molar-refractivity contribution in [3.63, 3.8) is 0 Å². The number of hydrogen-bond donors (Lipinski definition) is 2. The Balaban J connectivity index is 2.10. The zero-order valence-electron chi connectivity index (χ0n) is 13.0. The minimum absolute atomic E-state index is 0.775. The largest absolute Gasteiger partial charge is 0.382 e. The first-order valence-corrected chi connectivity index (χ1v) is 7.90. The third-order valence-corrected chi connectivity index (χ3v) is 3.29. The number of benzene rings is 1. The zero-order chi connectivity index (χ0) is 15.3. The van der Waals surface area contributed by atoms with E-state index in [1.165, 1.54) is 5.56 Å². The van der Waals surface area contributed by atoms with Crippen LogP contribution >= 0.6 is 11.6 Å². The van der Waals surface area contributed by atoms with Crippen molar-refractivity contribution in [3.8, 4) is 0 Å². The van der Waals surface area contributed by atoms with Gasteiger partial charge in [-0.1, -0.05) is 23.7 Å². The molecule has 0 fully saturated rings. The fraction of sp³-hybridized carbons (Fsp3) is 0.562. The number of aryl methyl sites for hydroxylation is 1. The molecule has 0 saturated heterocycles. The number of halogens is 1. The van der Waals surface area contributed by atoms with Crippen molar-refractivity contribution in [2.45, 2.75) is 26.2 Å². The van der Waals surface area contributed by atoms with E-state index in [0.29, 0.717) is 0 Å². The molecule has 0 bridgehead atoms. The van der Waals surface area contributed by atoms with Crippen molar-refractivity contribution in [2.75, 3.05) is 33.4 Å². The molecule has 1 aromatic rings. The van der Waals surface area contributed by atoms with Crippen LogP contribution in [0.5, 0.6) is 0 Å². The minimum atomic E-state index is 0.775. The number of nitrogens with zero attached hydrogens (tertiary/aromatic N) is 1. The highest BCUT2D eigenvalue weighted by atomic mass is 35.5. The van der Waals surface area contributed by atoms with Gasteiger partial charge in [-0.25, -0.2) is 0 Å². The molecule has 5 heteroatoms. The summed E-state index contributed by atoms with van der Waals surface area (Å²) in [5, 5.41) is 7.38. The van der Waals surface area contributed by atoms with E-state index >= 15 is 0 Å². The molecule has 21 heavy (non-hydrogen) atoms. The van der Waals surface area contributed by atoms with Crippen molar-refractivity contribution >= 4 is 17.6 Å². The average molecular weight is 312 g/mol. The van der Waals surface area contributed by atoms with Crippen LogP contribution in [-0.4, -0.2) is 39.3 Å². The van der Waals surface area contributed by atoms with Gasteiger partial charge in [0.05, 0.1) is 0 Å². The van der Waals surface area contributed by atoms with Crippen LogP contribution in [0.25, 0.3) is 0 Å². The number of nitrogens with one attached hydrogen (secondary N) is 2. The predicted molar refractivity (Wildman–Crippen MR) is 90.2 cm³/mol. The molecule has 0 aliphatic carbocycles. The molecule has 0 heterocycles. The summed E-state index contributed by atoms with van der Waals surface area (Å²) >= 11 is 5.87. The number of guanidine groups is 1. The van der Waals surface area contributed by atoms with Crippen molar-refractivity contribution < 1.29 is 4.74 Å². The highest BCUT2D eigenvalue weighted by Gasteiger charge is 1.98. The lowest BCUT2D eigenvalue weighted by molar-refractivity contribution is 0.145. The lowest BCUT2D eigenvalue weighted by Gasteiger charge is -2.11. The Morgan fingerprint density at radius 1 is 1.14 bits per heavy atom. The van der Waals surface area contributed by atoms with E-state index in [0.717, 1.165) is 56.5 Å². The van der Waals surface area contributed by atoms with Crippen LogP contribution in [0.1, 0.15) is 25.3 Å². The molecule has 4 nitrogen and oxygen atoms in total. The minimum Gasteiger partial charge on any atom is -0.382 e. The second-order valence-corrected chi connectivity index (χ2v) is 5.14. The third kappa shape index (κ3) is 8.58. The predicted octanol–water partition coefficient (Wildman–Crippen LogP) is 2.86. The molecule has 0 unspecified atom stereocenters. The summed E-state index contributed by atoms with van der Waals surface area (Å²) in [6.45, 7) is 5.34. The van der Waals surface area contributed by atoms with Crippen molar-refractivity contribution in [2.24, 2.45) is 4.99 Å². The van der Waals surface area contributed by atoms with E-state index in [-0.39, 0.29) is 0 Å². The summed E-state index contributed by atoms with van der Waals surface area (Å²) < 4.78 is 5.30. The monoisotopic (exact) mass is 311 g/mol. The summed E-state index contributed by atoms with van der Waals surface area (Å²) in [6, 6.07) is 8.01. The van der Waals surface area contributed by atoms with Gasteiger partial charge < -0.3 is 15.4 Å². The molecule has 118 valence electrons. The van der Waals surface area contributed by atoms with Gasteiger partial charge in [0, 0.05) is 38.4 Å². The first kappa shape index (κ1) is 17.8. The third-order valence-electron chi connectivity index (χ3n) is 3.03. The van der Waals surface area contributed by atoms with E-state index in [1.807, 2.05) is 19.1 Å².